The number of carboxylic acids is 1. The molecule has 0 unspecified atom stereocenters. The van der Waals surface area contributed by atoms with Gasteiger partial charge >= 0.3 is 12.1 Å². The largest absolute Gasteiger partial charge is 0.486 e. The van der Waals surface area contributed by atoms with E-state index in [0.717, 1.165) is 22.5 Å². The van der Waals surface area contributed by atoms with E-state index >= 15 is 0 Å². The zero-order valence-corrected chi connectivity index (χ0v) is 20.7. The van der Waals surface area contributed by atoms with Crippen molar-refractivity contribution in [1.29, 1.82) is 0 Å². The lowest BCUT2D eigenvalue weighted by molar-refractivity contribution is -0.142. The van der Waals surface area contributed by atoms with Gasteiger partial charge in [-0.05, 0) is 48.4 Å². The highest BCUT2D eigenvalue weighted by molar-refractivity contribution is 7.92. The summed E-state index contributed by atoms with van der Waals surface area (Å²) in [6.45, 7) is 1.06. The van der Waals surface area contributed by atoms with Crippen molar-refractivity contribution in [3.8, 4) is 16.9 Å². The normalized spacial score (nSPS) is 16.6. The van der Waals surface area contributed by atoms with Crippen LogP contribution in [0.15, 0.2) is 65.6 Å². The van der Waals surface area contributed by atoms with Gasteiger partial charge < -0.3 is 9.84 Å². The van der Waals surface area contributed by atoms with E-state index in [4.69, 9.17) is 16.3 Å². The number of sulfonamides is 1. The average Bonchev–Trinajstić information content (AvgIpc) is 2.84. The van der Waals surface area contributed by atoms with Crippen LogP contribution in [0.3, 0.4) is 0 Å². The molecule has 0 bridgehead atoms. The molecule has 4 rings (SSSR count). The molecule has 0 aromatic heterocycles. The molecule has 2 atom stereocenters. The maximum Gasteiger partial charge on any atom is 0.416 e. The number of ether oxygens (including phenoxy) is 1. The van der Waals surface area contributed by atoms with Gasteiger partial charge in [-0.15, -0.1) is 0 Å². The lowest BCUT2D eigenvalue weighted by Crippen LogP contribution is -2.44. The number of nitrogens with zero attached hydrogens (tertiary/aromatic N) is 1. The molecular weight excluding hydrogens is 538 g/mol. The minimum atomic E-state index is -4.77. The van der Waals surface area contributed by atoms with Gasteiger partial charge in [0.15, 0.2) is 0 Å². The lowest BCUT2D eigenvalue weighted by atomic mass is 10.0. The fraction of sp³-hybridized carbons (Fsp3) is 0.240. The predicted octanol–water partition coefficient (Wildman–Crippen LogP) is 6.23. The van der Waals surface area contributed by atoms with E-state index < -0.39 is 50.5 Å². The van der Waals surface area contributed by atoms with Gasteiger partial charge in [-0.1, -0.05) is 42.8 Å². The molecule has 0 saturated heterocycles. The van der Waals surface area contributed by atoms with E-state index in [9.17, 15) is 35.9 Å². The molecule has 1 aliphatic heterocycles. The first-order chi connectivity index (χ1) is 17.3. The smallest absolute Gasteiger partial charge is 0.416 e. The Morgan fingerprint density at radius 1 is 1.16 bits per heavy atom. The van der Waals surface area contributed by atoms with E-state index in [1.54, 1.807) is 0 Å². The fourth-order valence-electron chi connectivity index (χ4n) is 4.01. The van der Waals surface area contributed by atoms with Gasteiger partial charge in [0, 0.05) is 5.56 Å². The maximum absolute atomic E-state index is 14.7. The Morgan fingerprint density at radius 2 is 1.86 bits per heavy atom. The predicted molar refractivity (Wildman–Crippen MR) is 129 cm³/mol. The summed E-state index contributed by atoms with van der Waals surface area (Å²) in [6.07, 6.45) is -5.74. The Labute approximate surface area is 215 Å². The van der Waals surface area contributed by atoms with Crippen LogP contribution in [-0.4, -0.2) is 32.1 Å². The third-order valence-corrected chi connectivity index (χ3v) is 8.01. The van der Waals surface area contributed by atoms with Crippen LogP contribution in [-0.2, 0) is 21.0 Å². The summed E-state index contributed by atoms with van der Waals surface area (Å²) in [6, 6.07) is 11.8. The number of anilines is 1. The van der Waals surface area contributed by atoms with E-state index in [0.29, 0.717) is 6.07 Å². The second kappa shape index (κ2) is 9.86. The minimum Gasteiger partial charge on any atom is -0.486 e. The highest BCUT2D eigenvalue weighted by Crippen LogP contribution is 2.42. The number of halogens is 5. The topological polar surface area (TPSA) is 83.9 Å². The van der Waals surface area contributed by atoms with Crippen LogP contribution in [0.4, 0.5) is 23.2 Å². The molecule has 1 aliphatic rings. The number of aliphatic carboxylic acids is 1. The van der Waals surface area contributed by atoms with Crippen LogP contribution < -0.4 is 9.04 Å². The quantitative estimate of drug-likeness (QED) is 0.363. The summed E-state index contributed by atoms with van der Waals surface area (Å²) < 4.78 is 88.6. The number of fused-ring (bicyclic) bond motifs is 1. The van der Waals surface area contributed by atoms with Crippen molar-refractivity contribution in [3.05, 3.63) is 77.1 Å². The molecule has 3 aromatic carbocycles. The van der Waals surface area contributed by atoms with Crippen LogP contribution in [0, 0.1) is 11.7 Å². The number of carboxylic acid groups (broad SMARTS) is 1. The summed E-state index contributed by atoms with van der Waals surface area (Å²) in [4.78, 5) is 10.8. The monoisotopic (exact) mass is 557 g/mol. The molecule has 0 radical (unpaired) electrons. The van der Waals surface area contributed by atoms with E-state index in [1.807, 2.05) is 0 Å². The number of alkyl halides is 3. The van der Waals surface area contributed by atoms with Gasteiger partial charge in [-0.3, -0.25) is 9.10 Å². The summed E-state index contributed by atoms with van der Waals surface area (Å²) >= 11 is 5.89. The number of hydrogen-bond acceptors (Lipinski definition) is 4. The van der Waals surface area contributed by atoms with Crippen molar-refractivity contribution >= 4 is 33.3 Å². The first kappa shape index (κ1) is 26.7. The standard InChI is InChI=1S/C25H20ClF4NO5S/c1-14(24(32)33)10-17-13-31(37(34,35)18-5-2-4-16(12-18)25(28,29)30)21-11-15(8-9-22(21)36-17)19-6-3-7-20(26)23(19)27/h2-9,11-12,14,17H,10,13H2,1H3,(H,32,33)/t14-,17-/m0/s1. The van der Waals surface area contributed by atoms with Crippen molar-refractivity contribution in [2.24, 2.45) is 5.92 Å². The second-order valence-electron chi connectivity index (χ2n) is 8.56. The Balaban J connectivity index is 1.84. The van der Waals surface area contributed by atoms with Crippen molar-refractivity contribution in [2.45, 2.75) is 30.5 Å². The van der Waals surface area contributed by atoms with E-state index in [-0.39, 0.29) is 40.6 Å². The zero-order chi connectivity index (χ0) is 27.1. The van der Waals surface area contributed by atoms with E-state index in [2.05, 4.69) is 0 Å². The number of benzene rings is 3. The van der Waals surface area contributed by atoms with E-state index in [1.165, 1.54) is 43.3 Å². The highest BCUT2D eigenvalue weighted by Gasteiger charge is 2.38. The number of hydrogen-bond donors (Lipinski definition) is 1. The molecule has 0 saturated carbocycles. The molecule has 0 spiro atoms. The number of rotatable bonds is 6. The fourth-order valence-corrected chi connectivity index (χ4v) is 5.73. The van der Waals surface area contributed by atoms with Crippen molar-refractivity contribution in [2.75, 3.05) is 10.8 Å². The Kier molecular flexibility index (Phi) is 7.13. The third kappa shape index (κ3) is 5.37. The first-order valence-electron chi connectivity index (χ1n) is 11.0. The third-order valence-electron chi connectivity index (χ3n) is 5.94. The van der Waals surface area contributed by atoms with Gasteiger partial charge in [0.1, 0.15) is 17.7 Å². The molecule has 1 N–H and O–H groups in total. The van der Waals surface area contributed by atoms with Gasteiger partial charge in [-0.2, -0.15) is 13.2 Å². The Morgan fingerprint density at radius 3 is 2.54 bits per heavy atom. The molecule has 6 nitrogen and oxygen atoms in total. The van der Waals surface area contributed by atoms with Crippen molar-refractivity contribution in [1.82, 2.24) is 0 Å². The highest BCUT2D eigenvalue weighted by atomic mass is 35.5. The number of carbonyl (C=O) groups is 1. The van der Waals surface area contributed by atoms with Crippen LogP contribution >= 0.6 is 11.6 Å². The second-order valence-corrected chi connectivity index (χ2v) is 10.8. The lowest BCUT2D eigenvalue weighted by Gasteiger charge is -2.36. The average molecular weight is 558 g/mol. The zero-order valence-electron chi connectivity index (χ0n) is 19.2. The first-order valence-corrected chi connectivity index (χ1v) is 12.8. The molecule has 12 heteroatoms. The molecule has 196 valence electrons. The van der Waals surface area contributed by atoms with Crippen LogP contribution in [0.1, 0.15) is 18.9 Å². The molecular formula is C25H20ClF4NO5S. The molecule has 3 aromatic rings. The van der Waals surface area contributed by atoms with Gasteiger partial charge in [0.25, 0.3) is 10.0 Å². The Hall–Kier alpha value is -3.31. The molecule has 1 heterocycles. The van der Waals surface area contributed by atoms with Crippen LogP contribution in [0.25, 0.3) is 11.1 Å². The molecule has 37 heavy (non-hydrogen) atoms. The van der Waals surface area contributed by atoms with Crippen LogP contribution in [0.5, 0.6) is 5.75 Å². The summed E-state index contributed by atoms with van der Waals surface area (Å²) in [5, 5.41) is 9.14. The van der Waals surface area contributed by atoms with Crippen LogP contribution in [0.2, 0.25) is 5.02 Å². The Bertz CT molecular complexity index is 1460. The summed E-state index contributed by atoms with van der Waals surface area (Å²) in [5.41, 5.74) is -0.848. The minimum absolute atomic E-state index is 0.0338. The van der Waals surface area contributed by atoms with Crippen molar-refractivity contribution < 1.29 is 40.6 Å². The SMILES string of the molecule is C[C@@H](C[C@H]1CN(S(=O)(=O)c2cccc(C(F)(F)F)c2)c2cc(-c3cccc(Cl)c3F)ccc2O1)C(=O)O. The maximum atomic E-state index is 14.7. The van der Waals surface area contributed by atoms with Gasteiger partial charge in [0.2, 0.25) is 0 Å². The van der Waals surface area contributed by atoms with Crippen molar-refractivity contribution in [3.63, 3.8) is 0 Å². The summed E-state index contributed by atoms with van der Waals surface area (Å²) in [7, 11) is -4.58. The molecule has 0 fully saturated rings. The molecule has 0 aliphatic carbocycles. The molecule has 0 amide bonds. The summed E-state index contributed by atoms with van der Waals surface area (Å²) in [5.74, 6) is -2.69. The van der Waals surface area contributed by atoms with Gasteiger partial charge in [-0.25, -0.2) is 12.8 Å². The van der Waals surface area contributed by atoms with Gasteiger partial charge in [0.05, 0.1) is 33.6 Å².